The minimum atomic E-state index is 0.697. The number of likely N-dealkylation sites (tertiary alicyclic amines) is 1. The van der Waals surface area contributed by atoms with E-state index in [0.717, 1.165) is 24.4 Å². The summed E-state index contributed by atoms with van der Waals surface area (Å²) in [5.41, 5.74) is 1.45. The first kappa shape index (κ1) is 17.9. The van der Waals surface area contributed by atoms with Gasteiger partial charge in [-0.3, -0.25) is 4.90 Å². The molecule has 2 nitrogen and oxygen atoms in total. The van der Waals surface area contributed by atoms with Gasteiger partial charge in [0, 0.05) is 25.2 Å². The van der Waals surface area contributed by atoms with Crippen LogP contribution in [0.25, 0.3) is 0 Å². The predicted octanol–water partition coefficient (Wildman–Crippen LogP) is 4.85. The van der Waals surface area contributed by atoms with Gasteiger partial charge in [-0.05, 0) is 56.0 Å². The van der Waals surface area contributed by atoms with Gasteiger partial charge in [0.1, 0.15) is 0 Å². The summed E-state index contributed by atoms with van der Waals surface area (Å²) < 4.78 is 0. The zero-order valence-electron chi connectivity index (χ0n) is 15.7. The Morgan fingerprint density at radius 1 is 0.958 bits per heavy atom. The molecule has 0 radical (unpaired) electrons. The minimum absolute atomic E-state index is 0.697. The molecule has 0 aromatic heterocycles. The number of hydrogen-bond acceptors (Lipinski definition) is 2. The molecule has 1 saturated heterocycles. The van der Waals surface area contributed by atoms with Crippen LogP contribution in [0.4, 0.5) is 0 Å². The number of piperidine rings is 1. The summed E-state index contributed by atoms with van der Waals surface area (Å²) in [4.78, 5) is 2.64. The molecule has 3 rings (SSSR count). The maximum atomic E-state index is 4.03. The smallest absolute Gasteiger partial charge is 0.0234 e. The summed E-state index contributed by atoms with van der Waals surface area (Å²) in [6.45, 7) is 8.40. The van der Waals surface area contributed by atoms with E-state index in [-0.39, 0.29) is 0 Å². The number of nitrogens with zero attached hydrogens (tertiary/aromatic N) is 1. The van der Waals surface area contributed by atoms with E-state index in [4.69, 9.17) is 0 Å². The topological polar surface area (TPSA) is 15.3 Å². The van der Waals surface area contributed by atoms with Crippen molar-refractivity contribution in [3.05, 3.63) is 35.9 Å². The van der Waals surface area contributed by atoms with Crippen LogP contribution in [0.1, 0.15) is 64.4 Å². The first-order chi connectivity index (χ1) is 11.7. The second kappa shape index (κ2) is 9.01. The fourth-order valence-corrected chi connectivity index (χ4v) is 4.67. The highest BCUT2D eigenvalue weighted by molar-refractivity contribution is 5.14. The molecule has 1 aromatic carbocycles. The van der Waals surface area contributed by atoms with Crippen LogP contribution in [0.5, 0.6) is 0 Å². The van der Waals surface area contributed by atoms with E-state index in [2.05, 4.69) is 54.4 Å². The van der Waals surface area contributed by atoms with Gasteiger partial charge in [0.05, 0.1) is 0 Å². The van der Waals surface area contributed by atoms with Gasteiger partial charge in [-0.25, -0.2) is 0 Å². The molecule has 1 aromatic rings. The summed E-state index contributed by atoms with van der Waals surface area (Å²) in [6.07, 6.45) is 9.76. The van der Waals surface area contributed by atoms with E-state index < -0.39 is 0 Å². The molecule has 0 spiro atoms. The molecular formula is C22H36N2. The summed E-state index contributed by atoms with van der Waals surface area (Å²) in [6, 6.07) is 12.4. The van der Waals surface area contributed by atoms with Crippen LogP contribution in [0.3, 0.4) is 0 Å². The molecule has 2 heteroatoms. The van der Waals surface area contributed by atoms with Crippen LogP contribution in [0, 0.1) is 11.8 Å². The Labute approximate surface area is 149 Å². The maximum absolute atomic E-state index is 4.03. The average Bonchev–Trinajstić information content (AvgIpc) is 2.82. The number of nitrogens with one attached hydrogen (secondary N) is 1. The Kier molecular flexibility index (Phi) is 6.74. The van der Waals surface area contributed by atoms with Gasteiger partial charge in [0.2, 0.25) is 0 Å². The van der Waals surface area contributed by atoms with Crippen molar-refractivity contribution in [1.29, 1.82) is 0 Å². The van der Waals surface area contributed by atoms with E-state index in [1.54, 1.807) is 0 Å². The average molecular weight is 329 g/mol. The Bertz CT molecular complexity index is 470. The van der Waals surface area contributed by atoms with Crippen molar-refractivity contribution < 1.29 is 0 Å². The van der Waals surface area contributed by atoms with Crippen molar-refractivity contribution in [2.45, 2.75) is 77.4 Å². The van der Waals surface area contributed by atoms with E-state index in [0.29, 0.717) is 6.04 Å². The third-order valence-corrected chi connectivity index (χ3v) is 6.18. The van der Waals surface area contributed by atoms with Crippen molar-refractivity contribution in [3.8, 4) is 0 Å². The van der Waals surface area contributed by atoms with Crippen molar-refractivity contribution in [1.82, 2.24) is 10.2 Å². The lowest BCUT2D eigenvalue weighted by atomic mass is 9.89. The van der Waals surface area contributed by atoms with Crippen LogP contribution in [-0.2, 0) is 6.54 Å². The van der Waals surface area contributed by atoms with Gasteiger partial charge in [-0.15, -0.1) is 0 Å². The second-order valence-electron chi connectivity index (χ2n) is 8.44. The highest BCUT2D eigenvalue weighted by Gasteiger charge is 2.25. The van der Waals surface area contributed by atoms with Crippen LogP contribution in [0.15, 0.2) is 30.3 Å². The molecule has 134 valence electrons. The van der Waals surface area contributed by atoms with Gasteiger partial charge in [-0.2, -0.15) is 0 Å². The lowest BCUT2D eigenvalue weighted by Crippen LogP contribution is -2.48. The van der Waals surface area contributed by atoms with Crippen molar-refractivity contribution >= 4 is 0 Å². The monoisotopic (exact) mass is 328 g/mol. The fraction of sp³-hybridized carbons (Fsp3) is 0.727. The number of hydrogen-bond donors (Lipinski definition) is 1. The first-order valence-electron chi connectivity index (χ1n) is 10.2. The quantitative estimate of drug-likeness (QED) is 0.778. The predicted molar refractivity (Wildman–Crippen MR) is 103 cm³/mol. The van der Waals surface area contributed by atoms with Crippen LogP contribution in [0.2, 0.25) is 0 Å². The standard InChI is InChI=1S/C22H36N2/c1-18(2)20-10-6-11-21(14-13-20)23-22-12-7-15-24(17-22)16-19-8-4-3-5-9-19/h3-5,8-9,18,20-23H,6-7,10-17H2,1-2H3. The molecular weight excluding hydrogens is 292 g/mol. The maximum Gasteiger partial charge on any atom is 0.0234 e. The van der Waals surface area contributed by atoms with E-state index in [1.165, 1.54) is 63.6 Å². The van der Waals surface area contributed by atoms with Crippen LogP contribution >= 0.6 is 0 Å². The molecule has 1 heterocycles. The third kappa shape index (κ3) is 5.32. The van der Waals surface area contributed by atoms with Gasteiger partial charge in [0.15, 0.2) is 0 Å². The molecule has 1 aliphatic carbocycles. The minimum Gasteiger partial charge on any atom is -0.310 e. The van der Waals surface area contributed by atoms with Crippen LogP contribution in [-0.4, -0.2) is 30.1 Å². The molecule has 0 bridgehead atoms. The van der Waals surface area contributed by atoms with Gasteiger partial charge in [-0.1, -0.05) is 57.0 Å². The molecule has 1 saturated carbocycles. The zero-order chi connectivity index (χ0) is 16.8. The molecule has 24 heavy (non-hydrogen) atoms. The Hall–Kier alpha value is -0.860. The van der Waals surface area contributed by atoms with E-state index in [1.807, 2.05) is 0 Å². The summed E-state index contributed by atoms with van der Waals surface area (Å²) >= 11 is 0. The summed E-state index contributed by atoms with van der Waals surface area (Å²) in [7, 11) is 0. The Balaban J connectivity index is 1.46. The van der Waals surface area contributed by atoms with Gasteiger partial charge in [0.25, 0.3) is 0 Å². The van der Waals surface area contributed by atoms with Crippen LogP contribution < -0.4 is 5.32 Å². The largest absolute Gasteiger partial charge is 0.310 e. The highest BCUT2D eigenvalue weighted by atomic mass is 15.2. The molecule has 3 unspecified atom stereocenters. The molecule has 2 aliphatic rings. The SMILES string of the molecule is CC(C)C1CCCC(NC2CCCN(Cc3ccccc3)C2)CC1. The number of rotatable bonds is 5. The second-order valence-corrected chi connectivity index (χ2v) is 8.44. The zero-order valence-corrected chi connectivity index (χ0v) is 15.7. The lowest BCUT2D eigenvalue weighted by Gasteiger charge is -2.35. The molecule has 3 atom stereocenters. The molecule has 2 fully saturated rings. The summed E-state index contributed by atoms with van der Waals surface area (Å²) in [5, 5.41) is 4.03. The Morgan fingerprint density at radius 2 is 1.75 bits per heavy atom. The number of benzene rings is 1. The fourth-order valence-electron chi connectivity index (χ4n) is 4.67. The van der Waals surface area contributed by atoms with Gasteiger partial charge >= 0.3 is 0 Å². The van der Waals surface area contributed by atoms with E-state index >= 15 is 0 Å². The van der Waals surface area contributed by atoms with Crippen molar-refractivity contribution in [2.24, 2.45) is 11.8 Å². The first-order valence-corrected chi connectivity index (χ1v) is 10.2. The third-order valence-electron chi connectivity index (χ3n) is 6.18. The summed E-state index contributed by atoms with van der Waals surface area (Å²) in [5.74, 6) is 1.82. The highest BCUT2D eigenvalue weighted by Crippen LogP contribution is 2.29. The normalized spacial score (nSPS) is 29.5. The van der Waals surface area contributed by atoms with Gasteiger partial charge < -0.3 is 5.32 Å². The Morgan fingerprint density at radius 3 is 2.54 bits per heavy atom. The van der Waals surface area contributed by atoms with Crippen molar-refractivity contribution in [3.63, 3.8) is 0 Å². The van der Waals surface area contributed by atoms with E-state index in [9.17, 15) is 0 Å². The lowest BCUT2D eigenvalue weighted by molar-refractivity contribution is 0.173. The molecule has 1 aliphatic heterocycles. The molecule has 0 amide bonds. The van der Waals surface area contributed by atoms with Crippen molar-refractivity contribution in [2.75, 3.05) is 13.1 Å². The molecule has 1 N–H and O–H groups in total.